The summed E-state index contributed by atoms with van der Waals surface area (Å²) in [7, 11) is 0. The van der Waals surface area contributed by atoms with Crippen molar-refractivity contribution in [3.05, 3.63) is 42.2 Å². The predicted molar refractivity (Wildman–Crippen MR) is 51.0 cm³/mol. The van der Waals surface area contributed by atoms with Gasteiger partial charge < -0.3 is 4.42 Å². The average Bonchev–Trinajstić information content (AvgIpc) is 2.48. The molecule has 0 N–H and O–H groups in total. The first-order valence-electron chi connectivity index (χ1n) is 3.92. The summed E-state index contributed by atoms with van der Waals surface area (Å²) in [4.78, 5) is 0. The van der Waals surface area contributed by atoms with Crippen LogP contribution in [0.25, 0.3) is 17.0 Å². The maximum Gasteiger partial charge on any atom is 0.134 e. The van der Waals surface area contributed by atoms with Crippen molar-refractivity contribution in [2.24, 2.45) is 0 Å². The molecule has 0 bridgehead atoms. The van der Waals surface area contributed by atoms with Crippen molar-refractivity contribution in [1.29, 1.82) is 0 Å². The first-order valence-corrected chi connectivity index (χ1v) is 3.92. The number of hydrogen-bond donors (Lipinski definition) is 0. The van der Waals surface area contributed by atoms with Crippen molar-refractivity contribution in [2.45, 2.75) is 6.92 Å². The second-order valence-electron chi connectivity index (χ2n) is 2.84. The van der Waals surface area contributed by atoms with E-state index in [1.54, 1.807) is 6.26 Å². The van der Waals surface area contributed by atoms with Crippen molar-refractivity contribution in [1.82, 2.24) is 0 Å². The van der Waals surface area contributed by atoms with Crippen LogP contribution in [0.2, 0.25) is 0 Å². The Morgan fingerprint density at radius 3 is 3.00 bits per heavy atom. The summed E-state index contributed by atoms with van der Waals surface area (Å²) in [6, 6.07) is 5.98. The second kappa shape index (κ2) is 2.52. The van der Waals surface area contributed by atoms with Crippen LogP contribution < -0.4 is 0 Å². The Bertz CT molecular complexity index is 423. The molecule has 0 fully saturated rings. The number of hydrogen-bond acceptors (Lipinski definition) is 1. The Balaban J connectivity index is 2.93. The highest BCUT2D eigenvalue weighted by molar-refractivity contribution is 5.89. The van der Waals surface area contributed by atoms with Gasteiger partial charge in [-0.15, -0.1) is 0 Å². The fraction of sp³-hybridized carbons (Fsp3) is 0.0909. The topological polar surface area (TPSA) is 13.1 Å². The van der Waals surface area contributed by atoms with Crippen molar-refractivity contribution >= 4 is 17.0 Å². The van der Waals surface area contributed by atoms with E-state index in [0.717, 1.165) is 11.1 Å². The Hall–Kier alpha value is -1.50. The van der Waals surface area contributed by atoms with Crippen LogP contribution in [0.15, 0.2) is 35.5 Å². The summed E-state index contributed by atoms with van der Waals surface area (Å²) in [6.07, 6.45) is 3.63. The Morgan fingerprint density at radius 2 is 2.25 bits per heavy atom. The van der Waals surface area contributed by atoms with Crippen LogP contribution in [0.5, 0.6) is 0 Å². The Labute approximate surface area is 71.3 Å². The van der Waals surface area contributed by atoms with Gasteiger partial charge >= 0.3 is 0 Å². The standard InChI is InChI=1S/C11H10O/c1-3-9-5-4-6-10-11(9)8(2)7-12-10/h3-7H,1H2,2H3. The molecule has 0 aliphatic rings. The van der Waals surface area contributed by atoms with Gasteiger partial charge in [-0.2, -0.15) is 0 Å². The van der Waals surface area contributed by atoms with E-state index < -0.39 is 0 Å². The molecule has 2 aromatic rings. The summed E-state index contributed by atoms with van der Waals surface area (Å²) in [5.74, 6) is 0. The lowest BCUT2D eigenvalue weighted by molar-refractivity contribution is 0.613. The summed E-state index contributed by atoms with van der Waals surface area (Å²) in [5.41, 5.74) is 3.24. The molecule has 2 rings (SSSR count). The van der Waals surface area contributed by atoms with E-state index in [0.29, 0.717) is 0 Å². The van der Waals surface area contributed by atoms with Crippen molar-refractivity contribution in [3.63, 3.8) is 0 Å². The van der Waals surface area contributed by atoms with Gasteiger partial charge in [0.2, 0.25) is 0 Å². The molecule has 0 radical (unpaired) electrons. The lowest BCUT2D eigenvalue weighted by Gasteiger charge is -1.95. The fourth-order valence-electron chi connectivity index (χ4n) is 1.45. The first-order chi connectivity index (χ1) is 5.83. The van der Waals surface area contributed by atoms with Crippen LogP contribution in [0.4, 0.5) is 0 Å². The van der Waals surface area contributed by atoms with Gasteiger partial charge in [-0.1, -0.05) is 24.8 Å². The van der Waals surface area contributed by atoms with E-state index in [9.17, 15) is 0 Å². The molecule has 0 saturated carbocycles. The van der Waals surface area contributed by atoms with Crippen LogP contribution in [0.1, 0.15) is 11.1 Å². The maximum atomic E-state index is 5.34. The van der Waals surface area contributed by atoms with E-state index in [2.05, 4.69) is 6.58 Å². The summed E-state index contributed by atoms with van der Waals surface area (Å²) < 4.78 is 5.34. The quantitative estimate of drug-likeness (QED) is 0.620. The van der Waals surface area contributed by atoms with Gasteiger partial charge in [0.05, 0.1) is 6.26 Å². The summed E-state index contributed by atoms with van der Waals surface area (Å²) in [6.45, 7) is 5.80. The van der Waals surface area contributed by atoms with Gasteiger partial charge in [-0.3, -0.25) is 0 Å². The molecular formula is C11H10O. The second-order valence-corrected chi connectivity index (χ2v) is 2.84. The van der Waals surface area contributed by atoms with Gasteiger partial charge in [-0.05, 0) is 24.1 Å². The number of benzene rings is 1. The minimum atomic E-state index is 0.935. The summed E-state index contributed by atoms with van der Waals surface area (Å²) in [5, 5.41) is 1.17. The van der Waals surface area contributed by atoms with E-state index in [1.807, 2.05) is 31.2 Å². The third-order valence-electron chi connectivity index (χ3n) is 2.04. The minimum absolute atomic E-state index is 0.935. The zero-order chi connectivity index (χ0) is 8.55. The molecule has 12 heavy (non-hydrogen) atoms. The Morgan fingerprint density at radius 1 is 1.42 bits per heavy atom. The molecule has 0 amide bonds. The van der Waals surface area contributed by atoms with Crippen LogP contribution in [-0.2, 0) is 0 Å². The largest absolute Gasteiger partial charge is 0.464 e. The number of aryl methyl sites for hydroxylation is 1. The molecule has 1 nitrogen and oxygen atoms in total. The molecule has 0 aliphatic heterocycles. The number of fused-ring (bicyclic) bond motifs is 1. The highest BCUT2D eigenvalue weighted by Crippen LogP contribution is 2.24. The normalized spacial score (nSPS) is 10.4. The molecule has 1 aromatic carbocycles. The zero-order valence-electron chi connectivity index (χ0n) is 7.00. The van der Waals surface area contributed by atoms with Crippen molar-refractivity contribution in [3.8, 4) is 0 Å². The number of rotatable bonds is 1. The highest BCUT2D eigenvalue weighted by atomic mass is 16.3. The smallest absolute Gasteiger partial charge is 0.134 e. The van der Waals surface area contributed by atoms with Gasteiger partial charge in [0, 0.05) is 5.39 Å². The first kappa shape index (κ1) is 7.17. The van der Waals surface area contributed by atoms with Crippen LogP contribution in [-0.4, -0.2) is 0 Å². The fourth-order valence-corrected chi connectivity index (χ4v) is 1.45. The molecule has 0 unspecified atom stereocenters. The minimum Gasteiger partial charge on any atom is -0.464 e. The molecule has 0 atom stereocenters. The maximum absolute atomic E-state index is 5.34. The lowest BCUT2D eigenvalue weighted by Crippen LogP contribution is -1.74. The van der Waals surface area contributed by atoms with Crippen LogP contribution in [0, 0.1) is 6.92 Å². The molecule has 1 heterocycles. The summed E-state index contributed by atoms with van der Waals surface area (Å²) >= 11 is 0. The van der Waals surface area contributed by atoms with Crippen LogP contribution in [0.3, 0.4) is 0 Å². The molecule has 0 aliphatic carbocycles. The SMILES string of the molecule is C=Cc1cccc2occ(C)c12. The predicted octanol–water partition coefficient (Wildman–Crippen LogP) is 3.38. The molecular weight excluding hydrogens is 148 g/mol. The van der Waals surface area contributed by atoms with E-state index in [4.69, 9.17) is 4.42 Å². The zero-order valence-corrected chi connectivity index (χ0v) is 7.00. The lowest BCUT2D eigenvalue weighted by atomic mass is 10.1. The monoisotopic (exact) mass is 158 g/mol. The highest BCUT2D eigenvalue weighted by Gasteiger charge is 2.03. The van der Waals surface area contributed by atoms with E-state index in [-0.39, 0.29) is 0 Å². The van der Waals surface area contributed by atoms with Gasteiger partial charge in [0.1, 0.15) is 5.58 Å². The third kappa shape index (κ3) is 0.866. The molecule has 0 spiro atoms. The van der Waals surface area contributed by atoms with Gasteiger partial charge in [0.15, 0.2) is 0 Å². The Kier molecular flexibility index (Phi) is 1.51. The number of furan rings is 1. The van der Waals surface area contributed by atoms with Crippen molar-refractivity contribution < 1.29 is 4.42 Å². The molecule has 1 aromatic heterocycles. The molecule has 60 valence electrons. The van der Waals surface area contributed by atoms with Gasteiger partial charge in [0.25, 0.3) is 0 Å². The molecule has 0 saturated heterocycles. The van der Waals surface area contributed by atoms with E-state index >= 15 is 0 Å². The van der Waals surface area contributed by atoms with Crippen LogP contribution >= 0.6 is 0 Å². The van der Waals surface area contributed by atoms with Crippen molar-refractivity contribution in [2.75, 3.05) is 0 Å². The van der Waals surface area contributed by atoms with Gasteiger partial charge in [-0.25, -0.2) is 0 Å². The third-order valence-corrected chi connectivity index (χ3v) is 2.04. The van der Waals surface area contributed by atoms with E-state index in [1.165, 1.54) is 10.9 Å². The average molecular weight is 158 g/mol. The molecule has 1 heteroatoms.